The summed E-state index contributed by atoms with van der Waals surface area (Å²) in [6, 6.07) is 8.62. The number of rotatable bonds is 4. The van der Waals surface area contributed by atoms with Gasteiger partial charge >= 0.3 is 0 Å². The zero-order chi connectivity index (χ0) is 13.2. The van der Waals surface area contributed by atoms with Crippen LogP contribution in [0.3, 0.4) is 0 Å². The summed E-state index contributed by atoms with van der Waals surface area (Å²) in [4.78, 5) is 5.22. The molecule has 3 N–H and O–H groups in total. The van der Waals surface area contributed by atoms with Crippen LogP contribution < -0.4 is 15.8 Å². The van der Waals surface area contributed by atoms with E-state index >= 15 is 0 Å². The molecule has 20 heavy (non-hydrogen) atoms. The van der Waals surface area contributed by atoms with Crippen molar-refractivity contribution >= 4 is 28.9 Å². The Morgan fingerprint density at radius 3 is 3.05 bits per heavy atom. The molecule has 0 radical (unpaired) electrons. The minimum absolute atomic E-state index is 0. The molecule has 2 unspecified atom stereocenters. The van der Waals surface area contributed by atoms with E-state index in [1.807, 2.05) is 18.3 Å². The van der Waals surface area contributed by atoms with Gasteiger partial charge in [0.25, 0.3) is 0 Å². The third-order valence-corrected chi connectivity index (χ3v) is 4.34. The Morgan fingerprint density at radius 2 is 2.30 bits per heavy atom. The summed E-state index contributed by atoms with van der Waals surface area (Å²) in [5, 5.41) is 4.15. The Morgan fingerprint density at radius 1 is 1.50 bits per heavy atom. The van der Waals surface area contributed by atoms with Crippen molar-refractivity contribution in [2.24, 2.45) is 0 Å². The van der Waals surface area contributed by atoms with Crippen LogP contribution in [0.5, 0.6) is 5.75 Å². The first-order chi connectivity index (χ1) is 9.24. The zero-order valence-corrected chi connectivity index (χ0v) is 12.8. The maximum absolute atomic E-state index is 5.72. The molecule has 0 spiro atoms. The van der Waals surface area contributed by atoms with Crippen LogP contribution in [-0.2, 0) is 6.54 Å². The number of ether oxygens (including phenoxy) is 1. The van der Waals surface area contributed by atoms with Crippen molar-refractivity contribution in [1.29, 1.82) is 0 Å². The number of aromatic nitrogens is 1. The topological polar surface area (TPSA) is 60.2 Å². The number of nitrogens with one attached hydrogen (secondary N) is 1. The fourth-order valence-electron chi connectivity index (χ4n) is 2.41. The summed E-state index contributed by atoms with van der Waals surface area (Å²) >= 11 is 1.53. The molecule has 0 saturated heterocycles. The van der Waals surface area contributed by atoms with E-state index in [0.29, 0.717) is 17.1 Å². The van der Waals surface area contributed by atoms with E-state index in [1.54, 1.807) is 0 Å². The van der Waals surface area contributed by atoms with Crippen molar-refractivity contribution in [2.45, 2.75) is 25.4 Å². The van der Waals surface area contributed by atoms with Crippen molar-refractivity contribution in [1.82, 2.24) is 10.3 Å². The Balaban J connectivity index is 0.00000147. The molecule has 0 aliphatic carbocycles. The molecule has 2 aromatic rings. The van der Waals surface area contributed by atoms with Crippen molar-refractivity contribution in [3.05, 3.63) is 40.9 Å². The molecule has 0 amide bonds. The van der Waals surface area contributed by atoms with Crippen LogP contribution in [0.4, 0.5) is 5.13 Å². The summed E-state index contributed by atoms with van der Waals surface area (Å²) in [6.45, 7) is 3.74. The van der Waals surface area contributed by atoms with Crippen LogP contribution in [0.1, 0.15) is 23.3 Å². The summed E-state index contributed by atoms with van der Waals surface area (Å²) in [5.74, 6) is 1.42. The Bertz CT molecular complexity index is 575. The van der Waals surface area contributed by atoms with E-state index in [-0.39, 0.29) is 12.4 Å². The highest BCUT2D eigenvalue weighted by atomic mass is 35.5. The second-order valence-corrected chi connectivity index (χ2v) is 5.94. The predicted molar refractivity (Wildman–Crippen MR) is 84.8 cm³/mol. The first kappa shape index (κ1) is 15.1. The molecular weight excluding hydrogens is 294 g/mol. The number of hydrogen-bond acceptors (Lipinski definition) is 5. The highest BCUT2D eigenvalue weighted by molar-refractivity contribution is 7.15. The lowest BCUT2D eigenvalue weighted by Crippen LogP contribution is -2.32. The van der Waals surface area contributed by atoms with Gasteiger partial charge < -0.3 is 15.8 Å². The lowest BCUT2D eigenvalue weighted by atomic mass is 9.94. The molecule has 1 aliphatic heterocycles. The molecule has 3 rings (SSSR count). The van der Waals surface area contributed by atoms with Crippen molar-refractivity contribution < 1.29 is 4.74 Å². The van der Waals surface area contributed by atoms with Gasteiger partial charge in [0, 0.05) is 35.1 Å². The predicted octanol–water partition coefficient (Wildman–Crippen LogP) is 2.80. The zero-order valence-electron chi connectivity index (χ0n) is 11.2. The second-order valence-electron chi connectivity index (χ2n) is 4.79. The third-order valence-electron chi connectivity index (χ3n) is 3.51. The minimum atomic E-state index is 0. The Labute approximate surface area is 128 Å². The highest BCUT2D eigenvalue weighted by Gasteiger charge is 2.28. The molecule has 0 bridgehead atoms. The van der Waals surface area contributed by atoms with Gasteiger partial charge in [-0.05, 0) is 13.0 Å². The monoisotopic (exact) mass is 311 g/mol. The van der Waals surface area contributed by atoms with E-state index in [9.17, 15) is 0 Å². The number of anilines is 1. The van der Waals surface area contributed by atoms with Crippen LogP contribution in [0.25, 0.3) is 0 Å². The van der Waals surface area contributed by atoms with Crippen molar-refractivity contribution in [2.75, 3.05) is 12.3 Å². The fourth-order valence-corrected chi connectivity index (χ4v) is 3.04. The van der Waals surface area contributed by atoms with Gasteiger partial charge in [-0.2, -0.15) is 0 Å². The maximum Gasteiger partial charge on any atom is 0.180 e. The van der Waals surface area contributed by atoms with Gasteiger partial charge in [-0.3, -0.25) is 0 Å². The first-order valence-electron chi connectivity index (χ1n) is 6.39. The summed E-state index contributed by atoms with van der Waals surface area (Å²) in [6.07, 6.45) is 1.83. The van der Waals surface area contributed by atoms with Gasteiger partial charge in [-0.25, -0.2) is 4.98 Å². The molecule has 1 aliphatic rings. The van der Waals surface area contributed by atoms with E-state index in [0.717, 1.165) is 23.8 Å². The number of para-hydroxylation sites is 1. The highest BCUT2D eigenvalue weighted by Crippen LogP contribution is 2.35. The number of nitrogens with zero attached hydrogens (tertiary/aromatic N) is 1. The van der Waals surface area contributed by atoms with Crippen LogP contribution in [0.2, 0.25) is 0 Å². The molecule has 108 valence electrons. The van der Waals surface area contributed by atoms with E-state index < -0.39 is 0 Å². The van der Waals surface area contributed by atoms with Crippen LogP contribution in [-0.4, -0.2) is 17.6 Å². The van der Waals surface area contributed by atoms with E-state index in [4.69, 9.17) is 10.5 Å². The second kappa shape index (κ2) is 6.43. The Hall–Kier alpha value is -1.30. The van der Waals surface area contributed by atoms with Gasteiger partial charge in [0.05, 0.1) is 6.61 Å². The average Bonchev–Trinajstić information content (AvgIpc) is 3.02. The number of nitrogen functional groups attached to an aromatic ring is 1. The molecule has 2 atom stereocenters. The minimum Gasteiger partial charge on any atom is -0.493 e. The number of nitrogens with two attached hydrogens (primary N) is 1. The Kier molecular flexibility index (Phi) is 4.86. The maximum atomic E-state index is 5.72. The number of fused-ring (bicyclic) bond motifs is 1. The number of thiazole rings is 1. The van der Waals surface area contributed by atoms with Gasteiger partial charge in [0.1, 0.15) is 5.75 Å². The largest absolute Gasteiger partial charge is 0.493 e. The van der Waals surface area contributed by atoms with Gasteiger partial charge in [-0.15, -0.1) is 23.7 Å². The molecule has 6 heteroatoms. The normalized spacial score (nSPS) is 17.9. The van der Waals surface area contributed by atoms with Crippen LogP contribution in [0.15, 0.2) is 30.5 Å². The van der Waals surface area contributed by atoms with E-state index in [1.165, 1.54) is 16.9 Å². The number of benzene rings is 1. The molecule has 4 nitrogen and oxygen atoms in total. The molecule has 1 aromatic carbocycles. The van der Waals surface area contributed by atoms with Crippen molar-refractivity contribution in [3.8, 4) is 5.75 Å². The van der Waals surface area contributed by atoms with Gasteiger partial charge in [0.15, 0.2) is 5.13 Å². The third kappa shape index (κ3) is 3.06. The molecule has 0 fully saturated rings. The smallest absolute Gasteiger partial charge is 0.180 e. The number of halogens is 1. The number of hydrogen-bond donors (Lipinski definition) is 2. The molecular formula is C14H18ClN3OS. The first-order valence-corrected chi connectivity index (χ1v) is 7.21. The van der Waals surface area contributed by atoms with Crippen LogP contribution >= 0.6 is 23.7 Å². The summed E-state index contributed by atoms with van der Waals surface area (Å²) in [7, 11) is 0. The summed E-state index contributed by atoms with van der Waals surface area (Å²) < 4.78 is 5.72. The summed E-state index contributed by atoms with van der Waals surface area (Å²) in [5.41, 5.74) is 6.93. The quantitative estimate of drug-likeness (QED) is 0.911. The molecule has 0 saturated carbocycles. The van der Waals surface area contributed by atoms with Gasteiger partial charge in [0.2, 0.25) is 0 Å². The molecule has 1 aromatic heterocycles. The lowest BCUT2D eigenvalue weighted by molar-refractivity contribution is 0.304. The lowest BCUT2D eigenvalue weighted by Gasteiger charge is -2.19. The SMILES string of the molecule is CC(NCc1cnc(N)s1)C1COc2ccccc21.Cl. The van der Waals surface area contributed by atoms with Gasteiger partial charge in [-0.1, -0.05) is 18.2 Å². The van der Waals surface area contributed by atoms with E-state index in [2.05, 4.69) is 29.4 Å². The molecule has 2 heterocycles. The van der Waals surface area contributed by atoms with Crippen molar-refractivity contribution in [3.63, 3.8) is 0 Å². The average molecular weight is 312 g/mol. The standard InChI is InChI=1S/C14H17N3OS.ClH/c1-9(16-6-10-7-17-14(15)19-10)12-8-18-13-5-3-2-4-11(12)13;/h2-5,7,9,12,16H,6,8H2,1H3,(H2,15,17);1H. The van der Waals surface area contributed by atoms with Crippen LogP contribution in [0, 0.1) is 0 Å². The fraction of sp³-hybridized carbons (Fsp3) is 0.357.